The standard InChI is InChI=1S/C16H20O7/c1-2-3-9-13-10(15(21)23-16(13)22)6-8(4-5-17)11(18)7-12(19)14(9)20/h4,9,11,14,17-18,20H,2-3,5-7H2,1H3/b8-4-/t9?,11-,14-/m0/s1. The minimum absolute atomic E-state index is 0.00985. The van der Waals surface area contributed by atoms with Gasteiger partial charge in [0.25, 0.3) is 0 Å². The van der Waals surface area contributed by atoms with Crippen molar-refractivity contribution in [3.8, 4) is 0 Å². The molecule has 1 aliphatic carbocycles. The molecule has 126 valence electrons. The SMILES string of the molecule is CCCC1C2=C(C/C(=C/CO)[C@@H](O)CC(=O)[C@H]1O)C(=O)OC2=O. The lowest BCUT2D eigenvalue weighted by Crippen LogP contribution is -2.34. The van der Waals surface area contributed by atoms with Crippen molar-refractivity contribution in [1.82, 2.24) is 0 Å². The average Bonchev–Trinajstić information content (AvgIpc) is 2.78. The highest BCUT2D eigenvalue weighted by Gasteiger charge is 2.43. The van der Waals surface area contributed by atoms with E-state index in [0.29, 0.717) is 12.8 Å². The van der Waals surface area contributed by atoms with E-state index in [9.17, 15) is 24.6 Å². The van der Waals surface area contributed by atoms with Crippen LogP contribution in [0.2, 0.25) is 0 Å². The molecule has 0 amide bonds. The van der Waals surface area contributed by atoms with E-state index in [0.717, 1.165) is 0 Å². The minimum atomic E-state index is -1.48. The molecule has 0 aromatic rings. The van der Waals surface area contributed by atoms with E-state index in [1.165, 1.54) is 6.08 Å². The second-order valence-electron chi connectivity index (χ2n) is 5.73. The second-order valence-corrected chi connectivity index (χ2v) is 5.73. The Bertz CT molecular complexity index is 587. The average molecular weight is 324 g/mol. The number of aliphatic hydroxyl groups excluding tert-OH is 3. The summed E-state index contributed by atoms with van der Waals surface area (Å²) < 4.78 is 4.64. The highest BCUT2D eigenvalue weighted by molar-refractivity contribution is 6.13. The Labute approximate surface area is 133 Å². The Morgan fingerprint density at radius 1 is 1.22 bits per heavy atom. The normalized spacial score (nSPS) is 30.9. The Balaban J connectivity index is 2.57. The smallest absolute Gasteiger partial charge is 0.342 e. The summed E-state index contributed by atoms with van der Waals surface area (Å²) in [7, 11) is 0. The minimum Gasteiger partial charge on any atom is -0.392 e. The van der Waals surface area contributed by atoms with Gasteiger partial charge >= 0.3 is 11.9 Å². The number of rotatable bonds is 3. The van der Waals surface area contributed by atoms with Gasteiger partial charge in [0.1, 0.15) is 6.10 Å². The number of cyclic esters (lactones) is 2. The third-order valence-corrected chi connectivity index (χ3v) is 4.22. The molecule has 7 heteroatoms. The van der Waals surface area contributed by atoms with E-state index in [2.05, 4.69) is 4.74 Å². The van der Waals surface area contributed by atoms with Crippen molar-refractivity contribution in [2.24, 2.45) is 5.92 Å². The van der Waals surface area contributed by atoms with Crippen LogP contribution in [0.4, 0.5) is 0 Å². The monoisotopic (exact) mass is 324 g/mol. The van der Waals surface area contributed by atoms with Crippen LogP contribution in [0.3, 0.4) is 0 Å². The first kappa shape index (κ1) is 17.5. The van der Waals surface area contributed by atoms with Gasteiger partial charge < -0.3 is 20.1 Å². The summed E-state index contributed by atoms with van der Waals surface area (Å²) in [6.45, 7) is 1.45. The summed E-state index contributed by atoms with van der Waals surface area (Å²) in [6, 6.07) is 0. The van der Waals surface area contributed by atoms with Crippen molar-refractivity contribution in [1.29, 1.82) is 0 Å². The number of Topliss-reactive ketones (excluding diaryl/α,β-unsaturated/α-hetero) is 1. The van der Waals surface area contributed by atoms with Crippen LogP contribution < -0.4 is 0 Å². The molecule has 0 saturated carbocycles. The van der Waals surface area contributed by atoms with Crippen molar-refractivity contribution in [2.75, 3.05) is 6.61 Å². The summed E-state index contributed by atoms with van der Waals surface area (Å²) in [6.07, 6.45) is -0.925. The van der Waals surface area contributed by atoms with Gasteiger partial charge in [0.2, 0.25) is 0 Å². The number of esters is 2. The fourth-order valence-corrected chi connectivity index (χ4v) is 3.06. The first-order valence-electron chi connectivity index (χ1n) is 7.58. The molecule has 1 aliphatic heterocycles. The van der Waals surface area contributed by atoms with Crippen LogP contribution in [-0.4, -0.2) is 51.9 Å². The highest BCUT2D eigenvalue weighted by atomic mass is 16.6. The molecule has 1 heterocycles. The lowest BCUT2D eigenvalue weighted by Gasteiger charge is -2.21. The Kier molecular flexibility index (Phi) is 5.46. The van der Waals surface area contributed by atoms with Crippen LogP contribution in [0, 0.1) is 5.92 Å². The second kappa shape index (κ2) is 7.16. The van der Waals surface area contributed by atoms with Gasteiger partial charge in [-0.3, -0.25) is 4.79 Å². The lowest BCUT2D eigenvalue weighted by molar-refractivity contribution is -0.151. The van der Waals surface area contributed by atoms with Crippen molar-refractivity contribution in [3.05, 3.63) is 22.8 Å². The molecule has 0 spiro atoms. The molecule has 3 atom stereocenters. The molecule has 2 aliphatic rings. The Morgan fingerprint density at radius 3 is 2.52 bits per heavy atom. The number of ketones is 1. The van der Waals surface area contributed by atoms with E-state index < -0.39 is 35.8 Å². The summed E-state index contributed by atoms with van der Waals surface area (Å²) in [5.41, 5.74) is 0.306. The molecule has 1 unspecified atom stereocenters. The van der Waals surface area contributed by atoms with Crippen molar-refractivity contribution in [2.45, 2.75) is 44.8 Å². The third kappa shape index (κ3) is 3.41. The summed E-state index contributed by atoms with van der Waals surface area (Å²) in [5, 5.41) is 29.5. The topological polar surface area (TPSA) is 121 Å². The number of hydrogen-bond acceptors (Lipinski definition) is 7. The summed E-state index contributed by atoms with van der Waals surface area (Å²) in [5.74, 6) is -3.12. The van der Waals surface area contributed by atoms with Gasteiger partial charge in [0.15, 0.2) is 5.78 Å². The molecule has 0 aromatic carbocycles. The maximum Gasteiger partial charge on any atom is 0.342 e. The maximum absolute atomic E-state index is 12.2. The number of hydrogen-bond donors (Lipinski definition) is 3. The van der Waals surface area contributed by atoms with E-state index in [1.54, 1.807) is 0 Å². The van der Waals surface area contributed by atoms with Crippen molar-refractivity contribution < 1.29 is 34.4 Å². The first-order chi connectivity index (χ1) is 10.9. The van der Waals surface area contributed by atoms with Gasteiger partial charge in [-0.1, -0.05) is 19.4 Å². The molecule has 0 aromatic heterocycles. The molecule has 2 rings (SSSR count). The van der Waals surface area contributed by atoms with E-state index >= 15 is 0 Å². The molecule has 0 fully saturated rings. The summed E-state index contributed by atoms with van der Waals surface area (Å²) in [4.78, 5) is 36.2. The first-order valence-corrected chi connectivity index (χ1v) is 7.58. The fraction of sp³-hybridized carbons (Fsp3) is 0.562. The number of aliphatic hydroxyl groups is 3. The Morgan fingerprint density at radius 2 is 1.91 bits per heavy atom. The molecule has 7 nitrogen and oxygen atoms in total. The largest absolute Gasteiger partial charge is 0.392 e. The third-order valence-electron chi connectivity index (χ3n) is 4.22. The van der Waals surface area contributed by atoms with Crippen LogP contribution >= 0.6 is 0 Å². The molecule has 23 heavy (non-hydrogen) atoms. The van der Waals surface area contributed by atoms with E-state index in [-0.39, 0.29) is 36.2 Å². The van der Waals surface area contributed by atoms with Gasteiger partial charge in [0.05, 0.1) is 23.9 Å². The van der Waals surface area contributed by atoms with Gasteiger partial charge in [-0.25, -0.2) is 9.59 Å². The number of ether oxygens (including phenoxy) is 1. The lowest BCUT2D eigenvalue weighted by atomic mass is 9.84. The predicted octanol–water partition coefficient (Wildman–Crippen LogP) is -0.214. The number of carbonyl (C=O) groups is 3. The zero-order valence-corrected chi connectivity index (χ0v) is 12.8. The van der Waals surface area contributed by atoms with Crippen LogP contribution in [-0.2, 0) is 19.1 Å². The fourth-order valence-electron chi connectivity index (χ4n) is 3.06. The molecule has 0 bridgehead atoms. The van der Waals surface area contributed by atoms with Gasteiger partial charge in [-0.05, 0) is 12.0 Å². The molecular weight excluding hydrogens is 304 g/mol. The maximum atomic E-state index is 12.2. The molecule has 0 radical (unpaired) electrons. The summed E-state index contributed by atoms with van der Waals surface area (Å²) >= 11 is 0. The van der Waals surface area contributed by atoms with E-state index in [1.807, 2.05) is 6.92 Å². The van der Waals surface area contributed by atoms with Crippen LogP contribution in [0.25, 0.3) is 0 Å². The van der Waals surface area contributed by atoms with Crippen molar-refractivity contribution in [3.63, 3.8) is 0 Å². The highest BCUT2D eigenvalue weighted by Crippen LogP contribution is 2.36. The number of carbonyl (C=O) groups excluding carboxylic acids is 3. The zero-order valence-electron chi connectivity index (χ0n) is 12.8. The van der Waals surface area contributed by atoms with Crippen LogP contribution in [0.5, 0.6) is 0 Å². The predicted molar refractivity (Wildman–Crippen MR) is 77.9 cm³/mol. The quantitative estimate of drug-likeness (QED) is 0.373. The van der Waals surface area contributed by atoms with Gasteiger partial charge in [-0.2, -0.15) is 0 Å². The Hall–Kier alpha value is -1.83. The van der Waals surface area contributed by atoms with Crippen molar-refractivity contribution >= 4 is 17.7 Å². The molecule has 3 N–H and O–H groups in total. The van der Waals surface area contributed by atoms with Gasteiger partial charge in [-0.15, -0.1) is 0 Å². The van der Waals surface area contributed by atoms with E-state index in [4.69, 9.17) is 5.11 Å². The molecular formula is C16H20O7. The van der Waals surface area contributed by atoms with Crippen LogP contribution in [0.1, 0.15) is 32.6 Å². The zero-order chi connectivity index (χ0) is 17.1. The van der Waals surface area contributed by atoms with Gasteiger partial charge in [0, 0.05) is 18.8 Å². The molecule has 0 saturated heterocycles. The van der Waals surface area contributed by atoms with Crippen LogP contribution in [0.15, 0.2) is 22.8 Å².